The van der Waals surface area contributed by atoms with Gasteiger partial charge in [-0.3, -0.25) is 9.55 Å². The van der Waals surface area contributed by atoms with Crippen LogP contribution in [0.2, 0.25) is 0 Å². The van der Waals surface area contributed by atoms with Crippen LogP contribution in [-0.4, -0.2) is 30.8 Å². The molecule has 0 aromatic carbocycles. The highest BCUT2D eigenvalue weighted by Gasteiger charge is 2.17. The smallest absolute Gasteiger partial charge is 0.343 e. The van der Waals surface area contributed by atoms with E-state index in [1.54, 1.807) is 6.92 Å². The maximum atomic E-state index is 11.6. The van der Waals surface area contributed by atoms with Gasteiger partial charge in [-0.15, -0.1) is 5.10 Å². The molecule has 0 aliphatic carbocycles. The van der Waals surface area contributed by atoms with Crippen LogP contribution in [0.5, 0.6) is 0 Å². The monoisotopic (exact) mass is 308 g/mol. The zero-order valence-electron chi connectivity index (χ0n) is 11.9. The lowest BCUT2D eigenvalue weighted by Gasteiger charge is -2.11. The second kappa shape index (κ2) is 6.00. The molecule has 2 rings (SSSR count). The molecule has 0 aliphatic rings. The van der Waals surface area contributed by atoms with E-state index in [0.717, 1.165) is 10.6 Å². The second-order valence-electron chi connectivity index (χ2n) is 4.37. The van der Waals surface area contributed by atoms with Crippen LogP contribution in [-0.2, 0) is 6.54 Å². The molecule has 0 radical (unpaired) electrons. The number of hydrogen-bond acceptors (Lipinski definition) is 6. The van der Waals surface area contributed by atoms with Crippen LogP contribution in [0, 0.1) is 13.8 Å². The van der Waals surface area contributed by atoms with Gasteiger partial charge in [0.1, 0.15) is 0 Å². The van der Waals surface area contributed by atoms with Gasteiger partial charge in [-0.25, -0.2) is 9.89 Å². The summed E-state index contributed by atoms with van der Waals surface area (Å²) in [6.07, 6.45) is 0. The standard InChI is InChI=1S/C12H16N6O2S/c1-4-18-11(19)15-16-12(18)21-8-5-6(2)14-7(3)9(8)10(13)17-20/h5,20H,4H2,1-3H3,(H2,13,17)(H,15,19). The van der Waals surface area contributed by atoms with E-state index >= 15 is 0 Å². The number of nitrogens with two attached hydrogens (primary N) is 1. The third-order valence-electron chi connectivity index (χ3n) is 2.90. The van der Waals surface area contributed by atoms with Gasteiger partial charge >= 0.3 is 5.69 Å². The van der Waals surface area contributed by atoms with Crippen molar-refractivity contribution in [2.75, 3.05) is 0 Å². The highest BCUT2D eigenvalue weighted by molar-refractivity contribution is 7.99. The lowest BCUT2D eigenvalue weighted by atomic mass is 10.1. The number of oxime groups is 1. The molecule has 0 unspecified atom stereocenters. The SMILES string of the molecule is CCn1c(Sc2cc(C)nc(C)c2/C(N)=N/O)n[nH]c1=O. The molecule has 2 aromatic heterocycles. The van der Waals surface area contributed by atoms with E-state index in [2.05, 4.69) is 20.3 Å². The molecule has 0 aliphatic heterocycles. The summed E-state index contributed by atoms with van der Waals surface area (Å²) in [5.74, 6) is -0.0246. The predicted octanol–water partition coefficient (Wildman–Crippen LogP) is 0.849. The number of aromatic nitrogens is 4. The maximum Gasteiger partial charge on any atom is 0.343 e. The van der Waals surface area contributed by atoms with Crippen molar-refractivity contribution in [1.29, 1.82) is 0 Å². The van der Waals surface area contributed by atoms with Gasteiger partial charge in [0.2, 0.25) is 0 Å². The molecule has 0 atom stereocenters. The number of rotatable bonds is 4. The van der Waals surface area contributed by atoms with E-state index in [-0.39, 0.29) is 11.5 Å². The number of aromatic amines is 1. The minimum Gasteiger partial charge on any atom is -0.409 e. The zero-order chi connectivity index (χ0) is 15.6. The fourth-order valence-electron chi connectivity index (χ4n) is 1.99. The average Bonchev–Trinajstić information content (AvgIpc) is 2.77. The van der Waals surface area contributed by atoms with Gasteiger partial charge in [0.25, 0.3) is 0 Å². The molecule has 2 heterocycles. The maximum absolute atomic E-state index is 11.6. The number of nitrogens with one attached hydrogen (secondary N) is 1. The van der Waals surface area contributed by atoms with Gasteiger partial charge in [-0.1, -0.05) is 5.16 Å². The molecule has 0 amide bonds. The summed E-state index contributed by atoms with van der Waals surface area (Å²) in [7, 11) is 0. The van der Waals surface area contributed by atoms with Crippen molar-refractivity contribution in [3.8, 4) is 0 Å². The van der Waals surface area contributed by atoms with Gasteiger partial charge in [-0.2, -0.15) is 0 Å². The second-order valence-corrected chi connectivity index (χ2v) is 5.37. The first-order valence-electron chi connectivity index (χ1n) is 6.27. The van der Waals surface area contributed by atoms with E-state index in [0.29, 0.717) is 23.0 Å². The van der Waals surface area contributed by atoms with Gasteiger partial charge in [0, 0.05) is 22.8 Å². The minimum atomic E-state index is -0.271. The van der Waals surface area contributed by atoms with Crippen molar-refractivity contribution in [1.82, 2.24) is 19.7 Å². The molecular weight excluding hydrogens is 292 g/mol. The quantitative estimate of drug-likeness (QED) is 0.333. The number of aryl methyl sites for hydroxylation is 2. The molecule has 4 N–H and O–H groups in total. The molecule has 0 saturated heterocycles. The van der Waals surface area contributed by atoms with E-state index in [9.17, 15) is 4.79 Å². The number of H-pyrrole nitrogens is 1. The average molecular weight is 308 g/mol. The third kappa shape index (κ3) is 2.92. The Bertz CT molecular complexity index is 749. The third-order valence-corrected chi connectivity index (χ3v) is 3.93. The summed E-state index contributed by atoms with van der Waals surface area (Å²) in [5, 5.41) is 18.9. The molecule has 112 valence electrons. The van der Waals surface area contributed by atoms with Crippen molar-refractivity contribution >= 4 is 17.6 Å². The highest BCUT2D eigenvalue weighted by atomic mass is 32.2. The largest absolute Gasteiger partial charge is 0.409 e. The molecule has 2 aromatic rings. The van der Waals surface area contributed by atoms with Crippen LogP contribution in [0.15, 0.2) is 26.1 Å². The fraction of sp³-hybridized carbons (Fsp3) is 0.333. The van der Waals surface area contributed by atoms with E-state index in [4.69, 9.17) is 10.9 Å². The van der Waals surface area contributed by atoms with Crippen LogP contribution in [0.3, 0.4) is 0 Å². The Morgan fingerprint density at radius 1 is 1.57 bits per heavy atom. The van der Waals surface area contributed by atoms with Crippen LogP contribution in [0.25, 0.3) is 0 Å². The van der Waals surface area contributed by atoms with Gasteiger partial charge in [-0.05, 0) is 38.6 Å². The molecule has 0 bridgehead atoms. The first kappa shape index (κ1) is 15.1. The summed E-state index contributed by atoms with van der Waals surface area (Å²) < 4.78 is 1.51. The number of pyridine rings is 1. The predicted molar refractivity (Wildman–Crippen MR) is 78.9 cm³/mol. The van der Waals surface area contributed by atoms with Crippen molar-refractivity contribution in [2.24, 2.45) is 10.9 Å². The highest BCUT2D eigenvalue weighted by Crippen LogP contribution is 2.30. The summed E-state index contributed by atoms with van der Waals surface area (Å²) in [4.78, 5) is 16.6. The first-order valence-corrected chi connectivity index (χ1v) is 7.08. The van der Waals surface area contributed by atoms with Crippen LogP contribution >= 0.6 is 11.8 Å². The minimum absolute atomic E-state index is 0.0246. The Hall–Kier alpha value is -2.29. The topological polar surface area (TPSA) is 122 Å². The van der Waals surface area contributed by atoms with Crippen LogP contribution < -0.4 is 11.4 Å². The molecule has 0 saturated carbocycles. The summed E-state index contributed by atoms with van der Waals surface area (Å²) >= 11 is 1.27. The number of nitrogens with zero attached hydrogens (tertiary/aromatic N) is 4. The van der Waals surface area contributed by atoms with Gasteiger partial charge < -0.3 is 10.9 Å². The molecule has 0 spiro atoms. The van der Waals surface area contributed by atoms with Crippen molar-refractivity contribution in [3.05, 3.63) is 33.5 Å². The Morgan fingerprint density at radius 3 is 2.90 bits per heavy atom. The normalized spacial score (nSPS) is 11.9. The summed E-state index contributed by atoms with van der Waals surface area (Å²) in [6.45, 7) is 5.99. The molecule has 21 heavy (non-hydrogen) atoms. The Labute approximate surface area is 125 Å². The van der Waals surface area contributed by atoms with Gasteiger partial charge in [0.05, 0.1) is 5.56 Å². The Balaban J connectivity index is 2.55. The van der Waals surface area contributed by atoms with E-state index in [1.807, 2.05) is 19.9 Å². The molecule has 8 nitrogen and oxygen atoms in total. The summed E-state index contributed by atoms with van der Waals surface area (Å²) in [6, 6.07) is 1.81. The van der Waals surface area contributed by atoms with Crippen LogP contribution in [0.4, 0.5) is 0 Å². The fourth-order valence-corrected chi connectivity index (χ4v) is 3.19. The lowest BCUT2D eigenvalue weighted by molar-refractivity contribution is 0.318. The Kier molecular flexibility index (Phi) is 4.32. The molecule has 9 heteroatoms. The Morgan fingerprint density at radius 2 is 2.29 bits per heavy atom. The number of hydrogen-bond donors (Lipinski definition) is 3. The van der Waals surface area contributed by atoms with Crippen LogP contribution in [0.1, 0.15) is 23.9 Å². The summed E-state index contributed by atoms with van der Waals surface area (Å²) in [5.41, 5.74) is 7.43. The van der Waals surface area contributed by atoms with E-state index in [1.165, 1.54) is 16.3 Å². The number of amidine groups is 1. The van der Waals surface area contributed by atoms with Crippen molar-refractivity contribution < 1.29 is 5.21 Å². The van der Waals surface area contributed by atoms with Gasteiger partial charge in [0.15, 0.2) is 11.0 Å². The first-order chi connectivity index (χ1) is 9.97. The molecular formula is C12H16N6O2S. The van der Waals surface area contributed by atoms with E-state index < -0.39 is 0 Å². The molecule has 0 fully saturated rings. The lowest BCUT2D eigenvalue weighted by Crippen LogP contribution is -2.18. The van der Waals surface area contributed by atoms with Crippen molar-refractivity contribution in [3.63, 3.8) is 0 Å². The zero-order valence-corrected chi connectivity index (χ0v) is 12.7. The van der Waals surface area contributed by atoms with Crippen molar-refractivity contribution in [2.45, 2.75) is 37.4 Å².